The van der Waals surface area contributed by atoms with E-state index >= 15 is 0 Å². The molecule has 7 heteroatoms. The second kappa shape index (κ2) is 4.26. The molecule has 0 spiro atoms. The molecule has 3 N–H and O–H groups in total. The highest BCUT2D eigenvalue weighted by molar-refractivity contribution is 9.10. The van der Waals surface area contributed by atoms with Crippen LogP contribution in [0.3, 0.4) is 0 Å². The van der Waals surface area contributed by atoms with Crippen LogP contribution in [0.5, 0.6) is 5.75 Å². The number of methoxy groups -OCH3 is 1. The van der Waals surface area contributed by atoms with E-state index < -0.39 is 10.0 Å². The molecule has 0 aliphatic carbocycles. The van der Waals surface area contributed by atoms with Crippen LogP contribution in [0.25, 0.3) is 0 Å². The summed E-state index contributed by atoms with van der Waals surface area (Å²) in [5, 5.41) is 0. The fraction of sp³-hybridized carbons (Fsp3) is 0.143. The van der Waals surface area contributed by atoms with Crippen molar-refractivity contribution >= 4 is 26.0 Å². The maximum Gasteiger partial charge on any atom is 0.253 e. The minimum Gasteiger partial charge on any atom is -0.496 e. The number of rotatable bonds is 3. The number of hydrogen-bond donors (Lipinski definition) is 2. The third kappa shape index (κ3) is 2.24. The van der Waals surface area contributed by atoms with Crippen LogP contribution < -0.4 is 15.4 Å². The molecule has 0 bridgehead atoms. The zero-order valence-electron chi connectivity index (χ0n) is 7.32. The van der Waals surface area contributed by atoms with Crippen LogP contribution in [0, 0.1) is 0 Å². The van der Waals surface area contributed by atoms with Crippen LogP contribution in [0.15, 0.2) is 27.6 Å². The second-order valence-electron chi connectivity index (χ2n) is 2.42. The number of nitrogens with two attached hydrogens (primary N) is 1. The molecule has 0 atom stereocenters. The Morgan fingerprint density at radius 3 is 2.57 bits per heavy atom. The normalized spacial score (nSPS) is 11.4. The molecule has 5 nitrogen and oxygen atoms in total. The summed E-state index contributed by atoms with van der Waals surface area (Å²) in [4.78, 5) is 1.81. The fourth-order valence-corrected chi connectivity index (χ4v) is 2.23. The van der Waals surface area contributed by atoms with Crippen LogP contribution in [0.4, 0.5) is 0 Å². The minimum atomic E-state index is -3.60. The average molecular weight is 281 g/mol. The Balaban J connectivity index is 3.22. The van der Waals surface area contributed by atoms with E-state index in [4.69, 9.17) is 10.6 Å². The summed E-state index contributed by atoms with van der Waals surface area (Å²) in [6.07, 6.45) is 0. The van der Waals surface area contributed by atoms with E-state index in [1.54, 1.807) is 4.83 Å². The smallest absolute Gasteiger partial charge is 0.253 e. The molecule has 1 aromatic rings. The van der Waals surface area contributed by atoms with Crippen molar-refractivity contribution in [2.24, 2.45) is 5.84 Å². The van der Waals surface area contributed by atoms with E-state index in [1.165, 1.54) is 25.3 Å². The Hall–Kier alpha value is -0.630. The molecule has 1 aromatic carbocycles. The van der Waals surface area contributed by atoms with Gasteiger partial charge in [-0.05, 0) is 34.1 Å². The Bertz CT molecular complexity index is 433. The number of ether oxygens (including phenoxy) is 1. The van der Waals surface area contributed by atoms with Crippen molar-refractivity contribution < 1.29 is 13.2 Å². The first-order valence-electron chi connectivity index (χ1n) is 3.57. The highest BCUT2D eigenvalue weighted by atomic mass is 79.9. The summed E-state index contributed by atoms with van der Waals surface area (Å²) < 4.78 is 28.0. The second-order valence-corrected chi connectivity index (χ2v) is 4.99. The van der Waals surface area contributed by atoms with Crippen molar-refractivity contribution in [3.63, 3.8) is 0 Å². The van der Waals surface area contributed by atoms with E-state index in [0.29, 0.717) is 10.2 Å². The highest BCUT2D eigenvalue weighted by Crippen LogP contribution is 2.26. The standard InChI is InChI=1S/C7H9BrN2O3S/c1-13-7-3-2-5(4-6(7)8)14(11,12)10-9/h2-4,10H,9H2,1H3. The molecule has 0 unspecified atom stereocenters. The van der Waals surface area contributed by atoms with Crippen molar-refractivity contribution in [1.29, 1.82) is 0 Å². The fourth-order valence-electron chi connectivity index (χ4n) is 0.882. The first-order chi connectivity index (χ1) is 6.51. The van der Waals surface area contributed by atoms with Gasteiger partial charge in [-0.15, -0.1) is 0 Å². The number of benzene rings is 1. The summed E-state index contributed by atoms with van der Waals surface area (Å²) in [7, 11) is -2.11. The molecule has 0 radical (unpaired) electrons. The zero-order valence-corrected chi connectivity index (χ0v) is 9.72. The molecule has 0 aromatic heterocycles. The summed E-state index contributed by atoms with van der Waals surface area (Å²) in [6.45, 7) is 0. The van der Waals surface area contributed by atoms with Gasteiger partial charge in [-0.25, -0.2) is 8.42 Å². The average Bonchev–Trinajstić information content (AvgIpc) is 2.17. The van der Waals surface area contributed by atoms with Gasteiger partial charge in [0.25, 0.3) is 10.0 Å². The summed E-state index contributed by atoms with van der Waals surface area (Å²) in [6, 6.07) is 4.35. The Kier molecular flexibility index (Phi) is 3.48. The van der Waals surface area contributed by atoms with Gasteiger partial charge in [0.15, 0.2) is 0 Å². The van der Waals surface area contributed by atoms with Crippen LogP contribution in [-0.4, -0.2) is 15.5 Å². The lowest BCUT2D eigenvalue weighted by atomic mass is 10.3. The van der Waals surface area contributed by atoms with Gasteiger partial charge in [0, 0.05) is 0 Å². The lowest BCUT2D eigenvalue weighted by Gasteiger charge is -2.06. The van der Waals surface area contributed by atoms with E-state index in [-0.39, 0.29) is 4.90 Å². The molecule has 0 aliphatic rings. The molecule has 0 aliphatic heterocycles. The van der Waals surface area contributed by atoms with Gasteiger partial charge in [0.05, 0.1) is 16.5 Å². The molecule has 1 rings (SSSR count). The Morgan fingerprint density at radius 1 is 1.50 bits per heavy atom. The molecule has 0 saturated heterocycles. The van der Waals surface area contributed by atoms with E-state index in [1.807, 2.05) is 0 Å². The zero-order chi connectivity index (χ0) is 10.8. The summed E-state index contributed by atoms with van der Waals surface area (Å²) in [5.74, 6) is 5.43. The highest BCUT2D eigenvalue weighted by Gasteiger charge is 2.13. The number of hydrogen-bond acceptors (Lipinski definition) is 4. The predicted octanol–water partition coefficient (Wildman–Crippen LogP) is 0.610. The molecule has 0 fully saturated rings. The van der Waals surface area contributed by atoms with Gasteiger partial charge in [0.1, 0.15) is 5.75 Å². The molecule has 14 heavy (non-hydrogen) atoms. The van der Waals surface area contributed by atoms with Gasteiger partial charge in [0.2, 0.25) is 0 Å². The van der Waals surface area contributed by atoms with E-state index in [0.717, 1.165) is 0 Å². The van der Waals surface area contributed by atoms with Gasteiger partial charge in [-0.2, -0.15) is 4.83 Å². The van der Waals surface area contributed by atoms with Gasteiger partial charge < -0.3 is 4.74 Å². The number of sulfonamides is 1. The molecule has 78 valence electrons. The van der Waals surface area contributed by atoms with Gasteiger partial charge >= 0.3 is 0 Å². The number of hydrazine groups is 1. The third-order valence-corrected chi connectivity index (χ3v) is 3.39. The SMILES string of the molecule is COc1ccc(S(=O)(=O)NN)cc1Br. The molecule has 0 saturated carbocycles. The largest absolute Gasteiger partial charge is 0.496 e. The van der Waals surface area contributed by atoms with Gasteiger partial charge in [-0.3, -0.25) is 5.84 Å². The van der Waals surface area contributed by atoms with Crippen LogP contribution in [-0.2, 0) is 10.0 Å². The Morgan fingerprint density at radius 2 is 2.14 bits per heavy atom. The molecule has 0 heterocycles. The monoisotopic (exact) mass is 280 g/mol. The maximum atomic E-state index is 11.3. The van der Waals surface area contributed by atoms with Gasteiger partial charge in [-0.1, -0.05) is 0 Å². The summed E-state index contributed by atoms with van der Waals surface area (Å²) >= 11 is 3.17. The van der Waals surface area contributed by atoms with Crippen molar-refractivity contribution in [3.05, 3.63) is 22.7 Å². The number of nitrogens with one attached hydrogen (secondary N) is 1. The topological polar surface area (TPSA) is 81.4 Å². The first kappa shape index (κ1) is 11.4. The molecular formula is C7H9BrN2O3S. The van der Waals surface area contributed by atoms with E-state index in [9.17, 15) is 8.42 Å². The van der Waals surface area contributed by atoms with Crippen LogP contribution in [0.2, 0.25) is 0 Å². The van der Waals surface area contributed by atoms with Crippen molar-refractivity contribution in [2.45, 2.75) is 4.90 Å². The van der Waals surface area contributed by atoms with Crippen molar-refractivity contribution in [2.75, 3.05) is 7.11 Å². The number of halogens is 1. The third-order valence-electron chi connectivity index (χ3n) is 1.59. The Labute approximate surface area is 90.4 Å². The van der Waals surface area contributed by atoms with Crippen LogP contribution in [0.1, 0.15) is 0 Å². The quantitative estimate of drug-likeness (QED) is 0.628. The predicted molar refractivity (Wildman–Crippen MR) is 55.2 cm³/mol. The molecule has 0 amide bonds. The molecular weight excluding hydrogens is 272 g/mol. The first-order valence-corrected chi connectivity index (χ1v) is 5.85. The lowest BCUT2D eigenvalue weighted by molar-refractivity contribution is 0.411. The maximum absolute atomic E-state index is 11.3. The van der Waals surface area contributed by atoms with Crippen LogP contribution >= 0.6 is 15.9 Å². The summed E-state index contributed by atoms with van der Waals surface area (Å²) in [5.41, 5.74) is 0. The van der Waals surface area contributed by atoms with Crippen molar-refractivity contribution in [1.82, 2.24) is 4.83 Å². The minimum absolute atomic E-state index is 0.0766. The van der Waals surface area contributed by atoms with Crippen molar-refractivity contribution in [3.8, 4) is 5.75 Å². The van der Waals surface area contributed by atoms with E-state index in [2.05, 4.69) is 15.9 Å². The lowest BCUT2D eigenvalue weighted by Crippen LogP contribution is -2.30.